The first-order chi connectivity index (χ1) is 17.1. The molecule has 0 radical (unpaired) electrons. The second-order valence-electron chi connectivity index (χ2n) is 7.60. The minimum Gasteiger partial charge on any atom is -0.489 e. The molecule has 0 spiro atoms. The number of hydrogen-bond acceptors (Lipinski definition) is 5. The van der Waals surface area contributed by atoms with E-state index in [4.69, 9.17) is 13.6 Å². The predicted molar refractivity (Wildman–Crippen MR) is 122 cm³/mol. The van der Waals surface area contributed by atoms with Crippen LogP contribution in [0.4, 0.5) is 22.0 Å². The van der Waals surface area contributed by atoms with Crippen molar-refractivity contribution in [1.82, 2.24) is 0 Å². The molecule has 2 aromatic heterocycles. The van der Waals surface area contributed by atoms with Crippen molar-refractivity contribution in [2.24, 2.45) is 0 Å². The molecule has 0 bridgehead atoms. The van der Waals surface area contributed by atoms with E-state index in [1.165, 1.54) is 18.2 Å². The third-order valence-corrected chi connectivity index (χ3v) is 5.88. The molecule has 11 heteroatoms. The van der Waals surface area contributed by atoms with Crippen molar-refractivity contribution in [2.45, 2.75) is 6.61 Å². The van der Waals surface area contributed by atoms with Gasteiger partial charge in [-0.3, -0.25) is 0 Å². The fraction of sp³-hybridized carbons (Fsp3) is 0.0400. The lowest BCUT2D eigenvalue weighted by atomic mass is 10.0. The topological polar surface area (TPSA) is 69.7 Å². The van der Waals surface area contributed by atoms with Crippen LogP contribution in [-0.4, -0.2) is 0 Å². The summed E-state index contributed by atoms with van der Waals surface area (Å²) >= 11 is 3.34. The Morgan fingerprint density at radius 3 is 2.14 bits per heavy atom. The van der Waals surface area contributed by atoms with E-state index in [0.717, 1.165) is 10.5 Å². The summed E-state index contributed by atoms with van der Waals surface area (Å²) in [6, 6.07) is 11.6. The molecule has 2 heterocycles. The minimum atomic E-state index is -2.28. The Morgan fingerprint density at radius 2 is 1.42 bits per heavy atom. The monoisotopic (exact) mass is 564 g/mol. The first-order valence-electron chi connectivity index (χ1n) is 10.1. The van der Waals surface area contributed by atoms with Gasteiger partial charge in [0.1, 0.15) is 23.5 Å². The third-order valence-electron chi connectivity index (χ3n) is 5.38. The molecule has 36 heavy (non-hydrogen) atoms. The molecule has 5 rings (SSSR count). The first kappa shape index (κ1) is 23.7. The molecule has 0 N–H and O–H groups in total. The fourth-order valence-electron chi connectivity index (χ4n) is 3.67. The minimum absolute atomic E-state index is 0.0545. The SMILES string of the molecule is O=c1cc(-c2cc3cc(Br)ccc3oc2=O)c2ccc(OCc3c(F)c(F)c(F)c(F)c3F)cc2o1. The van der Waals surface area contributed by atoms with Crippen LogP contribution in [0.3, 0.4) is 0 Å². The quantitative estimate of drug-likeness (QED) is 0.106. The van der Waals surface area contributed by atoms with Gasteiger partial charge in [0.2, 0.25) is 5.82 Å². The number of benzene rings is 3. The maximum absolute atomic E-state index is 13.9. The zero-order chi connectivity index (χ0) is 25.7. The molecule has 0 atom stereocenters. The molecule has 0 unspecified atom stereocenters. The van der Waals surface area contributed by atoms with E-state index in [0.29, 0.717) is 16.4 Å². The van der Waals surface area contributed by atoms with Crippen LogP contribution < -0.4 is 16.0 Å². The van der Waals surface area contributed by atoms with Gasteiger partial charge in [-0.15, -0.1) is 0 Å². The highest BCUT2D eigenvalue weighted by molar-refractivity contribution is 9.10. The molecule has 0 amide bonds. The van der Waals surface area contributed by atoms with Gasteiger partial charge in [0.25, 0.3) is 0 Å². The second kappa shape index (κ2) is 8.90. The maximum Gasteiger partial charge on any atom is 0.344 e. The summed E-state index contributed by atoms with van der Waals surface area (Å²) < 4.78 is 84.4. The van der Waals surface area contributed by atoms with Gasteiger partial charge in [-0.2, -0.15) is 0 Å². The van der Waals surface area contributed by atoms with Crippen molar-refractivity contribution in [3.63, 3.8) is 0 Å². The average molecular weight is 565 g/mol. The lowest BCUT2D eigenvalue weighted by molar-refractivity contribution is 0.279. The van der Waals surface area contributed by atoms with Crippen LogP contribution in [0.5, 0.6) is 5.75 Å². The van der Waals surface area contributed by atoms with Crippen LogP contribution in [0.15, 0.2) is 71.4 Å². The van der Waals surface area contributed by atoms with Gasteiger partial charge >= 0.3 is 11.3 Å². The summed E-state index contributed by atoms with van der Waals surface area (Å²) in [5.74, 6) is -10.6. The van der Waals surface area contributed by atoms with Crippen molar-refractivity contribution in [1.29, 1.82) is 0 Å². The largest absolute Gasteiger partial charge is 0.489 e. The van der Waals surface area contributed by atoms with Gasteiger partial charge in [0.15, 0.2) is 23.3 Å². The summed E-state index contributed by atoms with van der Waals surface area (Å²) in [6.45, 7) is -0.996. The van der Waals surface area contributed by atoms with E-state index < -0.39 is 52.5 Å². The van der Waals surface area contributed by atoms with Crippen LogP contribution in [0.2, 0.25) is 0 Å². The molecule has 0 aliphatic heterocycles. The molecular weight excluding hydrogens is 555 g/mol. The molecule has 0 fully saturated rings. The van der Waals surface area contributed by atoms with Crippen LogP contribution >= 0.6 is 15.9 Å². The summed E-state index contributed by atoms with van der Waals surface area (Å²) in [5.41, 5.74) is -2.13. The zero-order valence-electron chi connectivity index (χ0n) is 17.6. The Kier molecular flexibility index (Phi) is 5.87. The van der Waals surface area contributed by atoms with Crippen molar-refractivity contribution in [3.8, 4) is 16.9 Å². The van der Waals surface area contributed by atoms with Gasteiger partial charge in [-0.05, 0) is 36.4 Å². The Morgan fingerprint density at radius 1 is 0.722 bits per heavy atom. The zero-order valence-corrected chi connectivity index (χ0v) is 19.2. The van der Waals surface area contributed by atoms with Gasteiger partial charge in [0, 0.05) is 32.9 Å². The van der Waals surface area contributed by atoms with Crippen molar-refractivity contribution in [3.05, 3.63) is 108 Å². The molecule has 3 aromatic carbocycles. The van der Waals surface area contributed by atoms with Crippen molar-refractivity contribution in [2.75, 3.05) is 0 Å². The Bertz CT molecular complexity index is 1780. The predicted octanol–water partition coefficient (Wildman–Crippen LogP) is 6.60. The molecule has 182 valence electrons. The Hall–Kier alpha value is -3.99. The van der Waals surface area contributed by atoms with Crippen LogP contribution in [0.25, 0.3) is 33.1 Å². The highest BCUT2D eigenvalue weighted by Gasteiger charge is 2.26. The molecule has 0 aliphatic rings. The summed E-state index contributed by atoms with van der Waals surface area (Å²) in [6.07, 6.45) is 0. The summed E-state index contributed by atoms with van der Waals surface area (Å²) in [7, 11) is 0. The van der Waals surface area contributed by atoms with Crippen LogP contribution in [-0.2, 0) is 6.61 Å². The van der Waals surface area contributed by atoms with Gasteiger partial charge in [0.05, 0.1) is 11.1 Å². The van der Waals surface area contributed by atoms with Crippen molar-refractivity contribution < 1.29 is 35.5 Å². The van der Waals surface area contributed by atoms with Crippen LogP contribution in [0, 0.1) is 29.1 Å². The van der Waals surface area contributed by atoms with E-state index in [2.05, 4.69) is 15.9 Å². The smallest absolute Gasteiger partial charge is 0.344 e. The van der Waals surface area contributed by atoms with Gasteiger partial charge in [-0.25, -0.2) is 31.5 Å². The van der Waals surface area contributed by atoms with E-state index in [9.17, 15) is 31.5 Å². The number of halogens is 6. The molecule has 0 aliphatic carbocycles. The third kappa shape index (κ3) is 4.05. The van der Waals surface area contributed by atoms with E-state index in [-0.39, 0.29) is 22.5 Å². The van der Waals surface area contributed by atoms with Gasteiger partial charge in [-0.1, -0.05) is 15.9 Å². The van der Waals surface area contributed by atoms with E-state index in [1.54, 1.807) is 24.3 Å². The van der Waals surface area contributed by atoms with Gasteiger partial charge < -0.3 is 13.6 Å². The number of hydrogen-bond donors (Lipinski definition) is 0. The molecular formula is C25H10BrF5O5. The lowest BCUT2D eigenvalue weighted by Crippen LogP contribution is -2.10. The lowest BCUT2D eigenvalue weighted by Gasteiger charge is -2.11. The van der Waals surface area contributed by atoms with E-state index in [1.807, 2.05) is 0 Å². The molecule has 5 aromatic rings. The first-order valence-corrected chi connectivity index (χ1v) is 10.9. The van der Waals surface area contributed by atoms with Crippen molar-refractivity contribution >= 4 is 37.9 Å². The second-order valence-corrected chi connectivity index (χ2v) is 8.52. The molecule has 0 saturated carbocycles. The standard InChI is InChI=1S/C25H10BrF5O5/c26-11-1-4-17-10(5-11)6-15(25(33)36-17)14-8-19(32)35-18-7-12(2-3-13(14)18)34-9-16-20(27)22(29)24(31)23(30)21(16)28/h1-8H,9H2. The highest BCUT2D eigenvalue weighted by atomic mass is 79.9. The Labute approximate surface area is 205 Å². The average Bonchev–Trinajstić information content (AvgIpc) is 2.85. The fourth-order valence-corrected chi connectivity index (χ4v) is 4.05. The summed E-state index contributed by atoms with van der Waals surface area (Å²) in [5, 5.41) is 0.892. The number of ether oxygens (including phenoxy) is 1. The maximum atomic E-state index is 13.9. The highest BCUT2D eigenvalue weighted by Crippen LogP contribution is 2.31. The number of rotatable bonds is 4. The van der Waals surface area contributed by atoms with E-state index >= 15 is 0 Å². The molecule has 5 nitrogen and oxygen atoms in total. The Balaban J connectivity index is 1.56. The number of fused-ring (bicyclic) bond motifs is 2. The molecule has 0 saturated heterocycles. The normalized spacial score (nSPS) is 11.4. The summed E-state index contributed by atoms with van der Waals surface area (Å²) in [4.78, 5) is 24.9. The van der Waals surface area contributed by atoms with Crippen LogP contribution in [0.1, 0.15) is 5.56 Å².